The summed E-state index contributed by atoms with van der Waals surface area (Å²) < 4.78 is 3.60. The summed E-state index contributed by atoms with van der Waals surface area (Å²) in [6, 6.07) is 6.42. The van der Waals surface area contributed by atoms with Gasteiger partial charge in [0.05, 0.1) is 22.3 Å². The third-order valence-electron chi connectivity index (χ3n) is 4.70. The lowest BCUT2D eigenvalue weighted by molar-refractivity contribution is 0.208. The Kier molecular flexibility index (Phi) is 4.60. The van der Waals surface area contributed by atoms with E-state index < -0.39 is 0 Å². The molecule has 0 aliphatic carbocycles. The van der Waals surface area contributed by atoms with E-state index in [4.69, 9.17) is 0 Å². The number of amides is 2. The first-order chi connectivity index (χ1) is 13.2. The number of fused-ring (bicyclic) bond motifs is 1. The van der Waals surface area contributed by atoms with Crippen molar-refractivity contribution in [2.45, 2.75) is 11.4 Å². The Morgan fingerprint density at radius 3 is 2.78 bits per heavy atom. The number of hydrogen-bond donors (Lipinski definition) is 1. The number of carbonyl (C=O) groups is 1. The number of thiazole rings is 2. The number of hydrogen-bond acceptors (Lipinski definition) is 7. The van der Waals surface area contributed by atoms with Gasteiger partial charge < -0.3 is 10.2 Å². The molecule has 0 radical (unpaired) electrons. The zero-order valence-electron chi connectivity index (χ0n) is 14.4. The van der Waals surface area contributed by atoms with Crippen molar-refractivity contribution in [3.63, 3.8) is 0 Å². The molecule has 0 fully saturated rings. The van der Waals surface area contributed by atoms with Gasteiger partial charge in [-0.3, -0.25) is 0 Å². The highest BCUT2D eigenvalue weighted by Crippen LogP contribution is 2.34. The summed E-state index contributed by atoms with van der Waals surface area (Å²) in [5.74, 6) is 0. The average molecular weight is 416 g/mol. The average Bonchev–Trinajstić information content (AvgIpc) is 3.42. The van der Waals surface area contributed by atoms with Crippen LogP contribution in [0.1, 0.15) is 5.01 Å². The second-order valence-corrected chi connectivity index (χ2v) is 9.55. The van der Waals surface area contributed by atoms with Gasteiger partial charge in [-0.1, -0.05) is 0 Å². The van der Waals surface area contributed by atoms with Crippen molar-refractivity contribution < 1.29 is 4.79 Å². The van der Waals surface area contributed by atoms with E-state index in [9.17, 15) is 4.79 Å². The molecule has 138 valence electrons. The number of carbonyl (C=O) groups excluding carboxylic acids is 1. The number of rotatable bonds is 4. The minimum Gasteiger partial charge on any atom is -0.331 e. The van der Waals surface area contributed by atoms with Crippen molar-refractivity contribution in [1.29, 1.82) is 0 Å². The highest BCUT2D eigenvalue weighted by Gasteiger charge is 2.32. The molecule has 3 aromatic rings. The second-order valence-electron chi connectivity index (χ2n) is 6.52. The normalized spacial score (nSPS) is 17.1. The van der Waals surface area contributed by atoms with Gasteiger partial charge in [-0.05, 0) is 41.3 Å². The van der Waals surface area contributed by atoms with E-state index in [1.165, 1.54) is 20.7 Å². The van der Waals surface area contributed by atoms with Crippen LogP contribution < -0.4 is 5.32 Å². The van der Waals surface area contributed by atoms with E-state index in [0.29, 0.717) is 6.54 Å². The summed E-state index contributed by atoms with van der Waals surface area (Å²) in [5, 5.41) is 5.82. The first-order valence-corrected chi connectivity index (χ1v) is 11.1. The van der Waals surface area contributed by atoms with Crippen LogP contribution >= 0.6 is 34.6 Å². The molecule has 9 heteroatoms. The molecule has 1 N–H and O–H groups in total. The summed E-state index contributed by atoms with van der Waals surface area (Å²) in [7, 11) is 0. The van der Waals surface area contributed by atoms with Gasteiger partial charge in [0.25, 0.3) is 0 Å². The van der Waals surface area contributed by atoms with E-state index in [1.807, 2.05) is 15.8 Å². The van der Waals surface area contributed by atoms with Crippen LogP contribution in [0.2, 0.25) is 0 Å². The van der Waals surface area contributed by atoms with Gasteiger partial charge in [0.2, 0.25) is 0 Å². The lowest BCUT2D eigenvalue weighted by Crippen LogP contribution is -2.40. The molecule has 4 heterocycles. The topological polar surface area (TPSA) is 61.4 Å². The van der Waals surface area contributed by atoms with Crippen LogP contribution in [0.25, 0.3) is 10.2 Å². The Morgan fingerprint density at radius 1 is 1.15 bits per heavy atom. The Morgan fingerprint density at radius 2 is 2.00 bits per heavy atom. The molecule has 0 saturated carbocycles. The van der Waals surface area contributed by atoms with Crippen molar-refractivity contribution >= 4 is 50.9 Å². The molecule has 2 amide bonds. The molecule has 0 saturated heterocycles. The Balaban J connectivity index is 1.14. The predicted octanol–water partition coefficient (Wildman–Crippen LogP) is 3.60. The number of urea groups is 1. The molecule has 0 bridgehead atoms. The highest BCUT2D eigenvalue weighted by atomic mass is 32.2. The minimum absolute atomic E-state index is 0.00514. The number of aromatic nitrogens is 2. The van der Waals surface area contributed by atoms with Crippen molar-refractivity contribution in [2.75, 3.05) is 26.2 Å². The van der Waals surface area contributed by atoms with Crippen LogP contribution in [0.15, 0.2) is 51.3 Å². The smallest absolute Gasteiger partial charge is 0.318 e. The van der Waals surface area contributed by atoms with Crippen LogP contribution in [-0.4, -0.2) is 51.4 Å². The van der Waals surface area contributed by atoms with E-state index in [2.05, 4.69) is 37.8 Å². The molecule has 2 aromatic heterocycles. The molecule has 5 rings (SSSR count). The van der Waals surface area contributed by atoms with E-state index >= 15 is 0 Å². The van der Waals surface area contributed by atoms with Crippen LogP contribution in [0.4, 0.5) is 4.79 Å². The van der Waals surface area contributed by atoms with Gasteiger partial charge >= 0.3 is 6.03 Å². The SMILES string of the molecule is O=C(NCc1nccs1)N1CC2=C(CN(Sc3ccc4ncsc4c3)C2)C1. The van der Waals surface area contributed by atoms with Gasteiger partial charge in [-0.25, -0.2) is 19.1 Å². The largest absolute Gasteiger partial charge is 0.331 e. The molecule has 0 unspecified atom stereocenters. The van der Waals surface area contributed by atoms with E-state index in [1.54, 1.807) is 40.8 Å². The molecule has 6 nitrogen and oxygen atoms in total. The van der Waals surface area contributed by atoms with Crippen molar-refractivity contribution in [1.82, 2.24) is 24.5 Å². The summed E-state index contributed by atoms with van der Waals surface area (Å²) in [6.07, 6.45) is 1.76. The Bertz CT molecular complexity index is 995. The Labute approximate surface area is 169 Å². The van der Waals surface area contributed by atoms with Crippen LogP contribution in [-0.2, 0) is 6.54 Å². The number of benzene rings is 1. The van der Waals surface area contributed by atoms with Crippen molar-refractivity contribution in [2.24, 2.45) is 0 Å². The number of nitrogens with zero attached hydrogens (tertiary/aromatic N) is 4. The number of nitrogens with one attached hydrogen (secondary N) is 1. The zero-order chi connectivity index (χ0) is 18.2. The summed E-state index contributed by atoms with van der Waals surface area (Å²) in [4.78, 5) is 24.1. The molecule has 1 aromatic carbocycles. The Hall–Kier alpha value is -1.94. The molecular weight excluding hydrogens is 398 g/mol. The van der Waals surface area contributed by atoms with Gasteiger partial charge in [0, 0.05) is 42.7 Å². The summed E-state index contributed by atoms with van der Waals surface area (Å²) in [5.41, 5.74) is 5.71. The second kappa shape index (κ2) is 7.23. The summed E-state index contributed by atoms with van der Waals surface area (Å²) in [6.45, 7) is 3.78. The highest BCUT2D eigenvalue weighted by molar-refractivity contribution is 7.97. The van der Waals surface area contributed by atoms with Crippen LogP contribution in [0, 0.1) is 0 Å². The monoisotopic (exact) mass is 415 g/mol. The van der Waals surface area contributed by atoms with E-state index in [-0.39, 0.29) is 6.03 Å². The lowest BCUT2D eigenvalue weighted by atomic mass is 10.2. The first-order valence-electron chi connectivity index (χ1n) is 8.62. The molecule has 0 atom stereocenters. The first kappa shape index (κ1) is 17.2. The maximum Gasteiger partial charge on any atom is 0.318 e. The quantitative estimate of drug-likeness (QED) is 0.521. The van der Waals surface area contributed by atoms with Crippen LogP contribution in [0.5, 0.6) is 0 Å². The molecule has 2 aliphatic heterocycles. The third kappa shape index (κ3) is 3.60. The molecule has 2 aliphatic rings. The predicted molar refractivity (Wildman–Crippen MR) is 110 cm³/mol. The zero-order valence-corrected chi connectivity index (χ0v) is 16.9. The fourth-order valence-corrected chi connectivity index (χ4v) is 5.78. The fraction of sp³-hybridized carbons (Fsp3) is 0.278. The maximum absolute atomic E-state index is 12.4. The van der Waals surface area contributed by atoms with Gasteiger partial charge in [0.1, 0.15) is 5.01 Å². The van der Waals surface area contributed by atoms with Crippen molar-refractivity contribution in [3.8, 4) is 0 Å². The lowest BCUT2D eigenvalue weighted by Gasteiger charge is -2.22. The van der Waals surface area contributed by atoms with E-state index in [0.717, 1.165) is 36.7 Å². The van der Waals surface area contributed by atoms with Gasteiger partial charge in [0.15, 0.2) is 0 Å². The molecule has 27 heavy (non-hydrogen) atoms. The van der Waals surface area contributed by atoms with Crippen molar-refractivity contribution in [3.05, 3.63) is 51.4 Å². The standard InChI is InChI=1S/C18H17N5OS3/c24-18(20-6-17-19-3-4-25-17)22-7-12-9-23(10-13(12)8-22)27-14-1-2-15-16(5-14)26-11-21-15/h1-5,11H,6-10H2,(H,20,24). The van der Waals surface area contributed by atoms with Crippen LogP contribution in [0.3, 0.4) is 0 Å². The molecule has 0 spiro atoms. The third-order valence-corrected chi connectivity index (χ3v) is 7.25. The minimum atomic E-state index is -0.00514. The fourth-order valence-electron chi connectivity index (χ4n) is 3.40. The summed E-state index contributed by atoms with van der Waals surface area (Å²) >= 11 is 5.02. The molecular formula is C18H17N5OS3. The van der Waals surface area contributed by atoms with Gasteiger partial charge in [-0.15, -0.1) is 22.7 Å². The van der Waals surface area contributed by atoms with Gasteiger partial charge in [-0.2, -0.15) is 0 Å². The maximum atomic E-state index is 12.4.